The molecule has 0 aliphatic carbocycles. The number of nitrogens with two attached hydrogens (primary N) is 1. The van der Waals surface area contributed by atoms with Gasteiger partial charge in [0.15, 0.2) is 5.78 Å². The summed E-state index contributed by atoms with van der Waals surface area (Å²) in [6.45, 7) is 2.78. The zero-order valence-corrected chi connectivity index (χ0v) is 9.38. The van der Waals surface area contributed by atoms with Crippen molar-refractivity contribution in [2.45, 2.75) is 13.3 Å². The lowest BCUT2D eigenvalue weighted by atomic mass is 10.1. The summed E-state index contributed by atoms with van der Waals surface area (Å²) in [7, 11) is 0. The summed E-state index contributed by atoms with van der Waals surface area (Å²) in [6, 6.07) is 5.02. The molecular weight excluding hydrogens is 214 g/mol. The molecule has 0 saturated heterocycles. The van der Waals surface area contributed by atoms with Gasteiger partial charge in [-0.25, -0.2) is 0 Å². The first kappa shape index (κ1) is 12.0. The van der Waals surface area contributed by atoms with E-state index in [0.717, 1.165) is 0 Å². The standard InChI is InChI=1S/C11H14ClNO2/c1-2-15-11-4-3-8(7-9(11)12)10(14)5-6-13/h3-4,7H,2,5-6,13H2,1H3. The van der Waals surface area contributed by atoms with Crippen LogP contribution in [0.2, 0.25) is 5.02 Å². The molecule has 0 atom stereocenters. The van der Waals surface area contributed by atoms with Gasteiger partial charge in [0, 0.05) is 12.0 Å². The van der Waals surface area contributed by atoms with Crippen LogP contribution in [0.25, 0.3) is 0 Å². The second-order valence-corrected chi connectivity index (χ2v) is 3.45. The summed E-state index contributed by atoms with van der Waals surface area (Å²) in [6.07, 6.45) is 0.338. The van der Waals surface area contributed by atoms with Gasteiger partial charge in [0.25, 0.3) is 0 Å². The van der Waals surface area contributed by atoms with E-state index in [2.05, 4.69) is 0 Å². The van der Waals surface area contributed by atoms with Crippen LogP contribution in [0.5, 0.6) is 5.75 Å². The van der Waals surface area contributed by atoms with Crippen LogP contribution in [0, 0.1) is 0 Å². The first-order valence-electron chi connectivity index (χ1n) is 4.84. The number of ether oxygens (including phenoxy) is 1. The highest BCUT2D eigenvalue weighted by atomic mass is 35.5. The van der Waals surface area contributed by atoms with Crippen LogP contribution in [0.4, 0.5) is 0 Å². The van der Waals surface area contributed by atoms with E-state index in [0.29, 0.717) is 35.9 Å². The lowest BCUT2D eigenvalue weighted by Gasteiger charge is -2.06. The monoisotopic (exact) mass is 227 g/mol. The number of carbonyl (C=O) groups excluding carboxylic acids is 1. The molecule has 1 aromatic carbocycles. The zero-order chi connectivity index (χ0) is 11.3. The predicted molar refractivity (Wildman–Crippen MR) is 60.6 cm³/mol. The van der Waals surface area contributed by atoms with E-state index >= 15 is 0 Å². The van der Waals surface area contributed by atoms with Crippen molar-refractivity contribution in [3.8, 4) is 5.75 Å². The highest BCUT2D eigenvalue weighted by Gasteiger charge is 2.08. The highest BCUT2D eigenvalue weighted by Crippen LogP contribution is 2.25. The summed E-state index contributed by atoms with van der Waals surface area (Å²) < 4.78 is 5.26. The molecule has 0 amide bonds. The number of halogens is 1. The predicted octanol–water partition coefficient (Wildman–Crippen LogP) is 2.27. The second-order valence-electron chi connectivity index (χ2n) is 3.04. The molecule has 15 heavy (non-hydrogen) atoms. The quantitative estimate of drug-likeness (QED) is 0.786. The molecule has 4 heteroatoms. The number of carbonyl (C=O) groups is 1. The van der Waals surface area contributed by atoms with E-state index < -0.39 is 0 Å². The van der Waals surface area contributed by atoms with E-state index in [1.807, 2.05) is 6.92 Å². The molecule has 82 valence electrons. The summed E-state index contributed by atoms with van der Waals surface area (Å²) in [5, 5.41) is 0.458. The van der Waals surface area contributed by atoms with Crippen LogP contribution in [0.3, 0.4) is 0 Å². The highest BCUT2D eigenvalue weighted by molar-refractivity contribution is 6.32. The van der Waals surface area contributed by atoms with Crippen molar-refractivity contribution in [3.05, 3.63) is 28.8 Å². The summed E-state index contributed by atoms with van der Waals surface area (Å²) in [5.41, 5.74) is 5.88. The Kier molecular flexibility index (Phi) is 4.59. The molecule has 0 aromatic heterocycles. The Morgan fingerprint density at radius 1 is 1.53 bits per heavy atom. The largest absolute Gasteiger partial charge is 0.492 e. The maximum atomic E-state index is 11.5. The van der Waals surface area contributed by atoms with Gasteiger partial charge in [-0.3, -0.25) is 4.79 Å². The Morgan fingerprint density at radius 3 is 2.80 bits per heavy atom. The number of Topliss-reactive ketones (excluding diaryl/α,β-unsaturated/α-hetero) is 1. The summed E-state index contributed by atoms with van der Waals surface area (Å²) in [4.78, 5) is 11.5. The molecule has 0 aliphatic heterocycles. The minimum Gasteiger partial charge on any atom is -0.492 e. The van der Waals surface area contributed by atoms with Crippen molar-refractivity contribution in [1.82, 2.24) is 0 Å². The van der Waals surface area contributed by atoms with E-state index in [1.54, 1.807) is 18.2 Å². The van der Waals surface area contributed by atoms with Gasteiger partial charge in [-0.05, 0) is 31.7 Å². The molecule has 0 bridgehead atoms. The summed E-state index contributed by atoms with van der Waals surface area (Å²) >= 11 is 5.94. The molecule has 1 rings (SSSR count). The lowest BCUT2D eigenvalue weighted by molar-refractivity contribution is 0.0985. The fraction of sp³-hybridized carbons (Fsp3) is 0.364. The molecule has 2 N–H and O–H groups in total. The Balaban J connectivity index is 2.86. The van der Waals surface area contributed by atoms with Crippen LogP contribution >= 0.6 is 11.6 Å². The minimum absolute atomic E-state index is 0.00227. The maximum absolute atomic E-state index is 11.5. The van der Waals surface area contributed by atoms with Crippen molar-refractivity contribution in [2.24, 2.45) is 5.73 Å². The van der Waals surface area contributed by atoms with Crippen LogP contribution in [-0.2, 0) is 0 Å². The number of ketones is 1. The maximum Gasteiger partial charge on any atom is 0.164 e. The molecule has 0 heterocycles. The third-order valence-electron chi connectivity index (χ3n) is 1.93. The number of hydrogen-bond donors (Lipinski definition) is 1. The molecule has 0 spiro atoms. The Bertz CT molecular complexity index is 352. The minimum atomic E-state index is 0.00227. The Hall–Kier alpha value is -1.06. The van der Waals surface area contributed by atoms with E-state index in [-0.39, 0.29) is 5.78 Å². The van der Waals surface area contributed by atoms with Crippen LogP contribution in [0.15, 0.2) is 18.2 Å². The smallest absolute Gasteiger partial charge is 0.164 e. The zero-order valence-electron chi connectivity index (χ0n) is 8.63. The first-order valence-corrected chi connectivity index (χ1v) is 5.22. The van der Waals surface area contributed by atoms with Gasteiger partial charge in [0.1, 0.15) is 5.75 Å². The third-order valence-corrected chi connectivity index (χ3v) is 2.22. The Labute approximate surface area is 94.2 Å². The van der Waals surface area contributed by atoms with Gasteiger partial charge in [0.05, 0.1) is 11.6 Å². The van der Waals surface area contributed by atoms with Gasteiger partial charge in [-0.15, -0.1) is 0 Å². The molecule has 0 unspecified atom stereocenters. The van der Waals surface area contributed by atoms with Crippen molar-refractivity contribution >= 4 is 17.4 Å². The average Bonchev–Trinajstić information content (AvgIpc) is 2.21. The van der Waals surface area contributed by atoms with Gasteiger partial charge in [-0.2, -0.15) is 0 Å². The van der Waals surface area contributed by atoms with Crippen molar-refractivity contribution in [3.63, 3.8) is 0 Å². The summed E-state index contributed by atoms with van der Waals surface area (Å²) in [5.74, 6) is 0.603. The fourth-order valence-electron chi connectivity index (χ4n) is 1.22. The topological polar surface area (TPSA) is 52.3 Å². The van der Waals surface area contributed by atoms with Crippen LogP contribution < -0.4 is 10.5 Å². The molecule has 0 fully saturated rings. The normalized spacial score (nSPS) is 10.1. The van der Waals surface area contributed by atoms with Gasteiger partial charge in [-0.1, -0.05) is 11.6 Å². The SMILES string of the molecule is CCOc1ccc(C(=O)CCN)cc1Cl. The second kappa shape index (κ2) is 5.73. The number of rotatable bonds is 5. The third kappa shape index (κ3) is 3.22. The van der Waals surface area contributed by atoms with E-state index in [1.165, 1.54) is 0 Å². The van der Waals surface area contributed by atoms with Crippen molar-refractivity contribution < 1.29 is 9.53 Å². The molecular formula is C11H14ClNO2. The number of benzene rings is 1. The fourth-order valence-corrected chi connectivity index (χ4v) is 1.46. The van der Waals surface area contributed by atoms with Crippen LogP contribution in [0.1, 0.15) is 23.7 Å². The van der Waals surface area contributed by atoms with Gasteiger partial charge in [0.2, 0.25) is 0 Å². The average molecular weight is 228 g/mol. The molecule has 0 radical (unpaired) electrons. The van der Waals surface area contributed by atoms with Gasteiger partial charge < -0.3 is 10.5 Å². The lowest BCUT2D eigenvalue weighted by Crippen LogP contribution is -2.08. The van der Waals surface area contributed by atoms with Gasteiger partial charge >= 0.3 is 0 Å². The Morgan fingerprint density at radius 2 is 2.27 bits per heavy atom. The van der Waals surface area contributed by atoms with Crippen LogP contribution in [-0.4, -0.2) is 18.9 Å². The van der Waals surface area contributed by atoms with Crippen molar-refractivity contribution in [2.75, 3.05) is 13.2 Å². The molecule has 3 nitrogen and oxygen atoms in total. The van der Waals surface area contributed by atoms with E-state index in [9.17, 15) is 4.79 Å². The molecule has 0 aliphatic rings. The first-order chi connectivity index (χ1) is 7.19. The van der Waals surface area contributed by atoms with E-state index in [4.69, 9.17) is 22.1 Å². The molecule has 0 saturated carbocycles. The van der Waals surface area contributed by atoms with Crippen molar-refractivity contribution in [1.29, 1.82) is 0 Å². The molecule has 1 aromatic rings. The number of hydrogen-bond acceptors (Lipinski definition) is 3.